The molecule has 0 bridgehead atoms. The van der Waals surface area contributed by atoms with Gasteiger partial charge in [0.2, 0.25) is 0 Å². The van der Waals surface area contributed by atoms with Gasteiger partial charge in [-0.3, -0.25) is 0 Å². The van der Waals surface area contributed by atoms with Gasteiger partial charge in [-0.05, 0) is 44.6 Å². The van der Waals surface area contributed by atoms with Crippen molar-refractivity contribution < 1.29 is 18.9 Å². The van der Waals surface area contributed by atoms with Gasteiger partial charge in [0.05, 0.1) is 6.26 Å². The van der Waals surface area contributed by atoms with Gasteiger partial charge in [-0.25, -0.2) is 0 Å². The van der Waals surface area contributed by atoms with E-state index < -0.39 is 0 Å². The Morgan fingerprint density at radius 3 is 1.47 bits per heavy atom. The molecule has 0 unspecified atom stereocenters. The van der Waals surface area contributed by atoms with Gasteiger partial charge in [0.25, 0.3) is 0 Å². The zero-order valence-corrected chi connectivity index (χ0v) is 24.7. The van der Waals surface area contributed by atoms with Crippen LogP contribution in [0, 0.1) is 0 Å². The molecule has 36 heavy (non-hydrogen) atoms. The summed E-state index contributed by atoms with van der Waals surface area (Å²) in [6.45, 7) is 6.61. The van der Waals surface area contributed by atoms with E-state index in [1.165, 1.54) is 135 Å². The zero-order chi connectivity index (χ0) is 26.2. The molecule has 4 nitrogen and oxygen atoms in total. The Balaban J connectivity index is 3.64. The van der Waals surface area contributed by atoms with Crippen LogP contribution in [0.2, 0.25) is 0 Å². The predicted molar refractivity (Wildman–Crippen MR) is 155 cm³/mol. The third-order valence-corrected chi connectivity index (χ3v) is 6.79. The van der Waals surface area contributed by atoms with Crippen LogP contribution in [0.3, 0.4) is 0 Å². The maximum Gasteiger partial charge on any atom is 0.187 e. The van der Waals surface area contributed by atoms with Gasteiger partial charge in [0, 0.05) is 20.3 Å². The van der Waals surface area contributed by atoms with E-state index in [0.29, 0.717) is 6.79 Å². The van der Waals surface area contributed by atoms with Crippen LogP contribution in [0.25, 0.3) is 0 Å². The minimum atomic E-state index is 0.0238. The van der Waals surface area contributed by atoms with Gasteiger partial charge in [-0.1, -0.05) is 123 Å². The van der Waals surface area contributed by atoms with Gasteiger partial charge in [-0.15, -0.1) is 0 Å². The van der Waals surface area contributed by atoms with Crippen molar-refractivity contribution in [3.8, 4) is 0 Å². The lowest BCUT2D eigenvalue weighted by Gasteiger charge is -2.19. The van der Waals surface area contributed by atoms with Gasteiger partial charge in [0.1, 0.15) is 0 Å². The number of rotatable bonds is 31. The van der Waals surface area contributed by atoms with E-state index in [4.69, 9.17) is 18.9 Å². The van der Waals surface area contributed by atoms with Crippen LogP contribution >= 0.6 is 0 Å². The zero-order valence-electron chi connectivity index (χ0n) is 24.7. The van der Waals surface area contributed by atoms with Gasteiger partial charge in [0.15, 0.2) is 13.1 Å². The third kappa shape index (κ3) is 29.6. The molecule has 0 atom stereocenters. The molecule has 0 rings (SSSR count). The number of allylic oxidation sites excluding steroid dienone is 1. The molecular weight excluding hydrogens is 448 g/mol. The summed E-state index contributed by atoms with van der Waals surface area (Å²) in [4.78, 5) is 0. The van der Waals surface area contributed by atoms with Crippen LogP contribution in [0.15, 0.2) is 12.3 Å². The van der Waals surface area contributed by atoms with Crippen molar-refractivity contribution >= 4 is 0 Å². The highest BCUT2D eigenvalue weighted by molar-refractivity contribution is 4.72. The minimum absolute atomic E-state index is 0.0238. The van der Waals surface area contributed by atoms with Crippen molar-refractivity contribution in [3.05, 3.63) is 12.3 Å². The third-order valence-electron chi connectivity index (χ3n) is 6.79. The smallest absolute Gasteiger partial charge is 0.187 e. The maximum absolute atomic E-state index is 6.14. The molecule has 0 fully saturated rings. The Bertz CT molecular complexity index is 397. The molecule has 0 aromatic heterocycles. The quantitative estimate of drug-likeness (QED) is 0.0526. The van der Waals surface area contributed by atoms with Gasteiger partial charge in [-0.2, -0.15) is 0 Å². The van der Waals surface area contributed by atoms with Crippen molar-refractivity contribution in [2.24, 2.45) is 0 Å². The number of hydrogen-bond donors (Lipinski definition) is 0. The van der Waals surface area contributed by atoms with Crippen LogP contribution in [0.1, 0.15) is 162 Å². The molecule has 0 aliphatic carbocycles. The van der Waals surface area contributed by atoms with Crippen molar-refractivity contribution in [2.75, 3.05) is 27.1 Å². The molecule has 216 valence electrons. The Hall–Kier alpha value is -0.580. The van der Waals surface area contributed by atoms with E-state index in [2.05, 4.69) is 19.9 Å². The van der Waals surface area contributed by atoms with E-state index in [0.717, 1.165) is 26.1 Å². The molecule has 0 aliphatic heterocycles. The molecule has 0 saturated heterocycles. The molecule has 0 aliphatic rings. The van der Waals surface area contributed by atoms with Crippen LogP contribution in [-0.2, 0) is 18.9 Å². The van der Waals surface area contributed by atoms with Crippen LogP contribution in [0.5, 0.6) is 0 Å². The normalized spacial score (nSPS) is 11.8. The highest BCUT2D eigenvalue weighted by Crippen LogP contribution is 2.15. The predicted octanol–water partition coefficient (Wildman–Crippen LogP) is 10.5. The summed E-state index contributed by atoms with van der Waals surface area (Å²) >= 11 is 0. The van der Waals surface area contributed by atoms with Crippen LogP contribution in [0.4, 0.5) is 0 Å². The number of ether oxygens (including phenoxy) is 4. The van der Waals surface area contributed by atoms with Crippen molar-refractivity contribution in [1.82, 2.24) is 0 Å². The molecule has 0 saturated carbocycles. The molecule has 4 heteroatoms. The van der Waals surface area contributed by atoms with Crippen molar-refractivity contribution in [1.29, 1.82) is 0 Å². The van der Waals surface area contributed by atoms with E-state index in [-0.39, 0.29) is 6.29 Å². The molecule has 0 amide bonds. The van der Waals surface area contributed by atoms with Crippen LogP contribution < -0.4 is 0 Å². The first-order valence-electron chi connectivity index (χ1n) is 15.8. The average molecular weight is 513 g/mol. The first-order chi connectivity index (χ1) is 17.8. The Morgan fingerprint density at radius 2 is 0.972 bits per heavy atom. The second kappa shape index (κ2) is 32.4. The minimum Gasteiger partial charge on any atom is -0.476 e. The largest absolute Gasteiger partial charge is 0.476 e. The highest BCUT2D eigenvalue weighted by Gasteiger charge is 2.09. The lowest BCUT2D eigenvalue weighted by Crippen LogP contribution is -2.19. The van der Waals surface area contributed by atoms with Gasteiger partial charge < -0.3 is 18.9 Å². The van der Waals surface area contributed by atoms with E-state index in [1.807, 2.05) is 0 Å². The van der Waals surface area contributed by atoms with E-state index in [9.17, 15) is 0 Å². The summed E-state index contributed by atoms with van der Waals surface area (Å²) in [5.74, 6) is 0. The summed E-state index contributed by atoms with van der Waals surface area (Å²) in [6.07, 6.45) is 33.8. The first kappa shape index (κ1) is 35.4. The molecule has 0 N–H and O–H groups in total. The molecule has 0 heterocycles. The average Bonchev–Trinajstić information content (AvgIpc) is 2.89. The van der Waals surface area contributed by atoms with Crippen molar-refractivity contribution in [3.63, 3.8) is 0 Å². The maximum atomic E-state index is 6.14. The number of hydrogen-bond acceptors (Lipinski definition) is 4. The fraction of sp³-hybridized carbons (Fsp3) is 0.938. The molecular formula is C32H64O4. The fourth-order valence-corrected chi connectivity index (χ4v) is 4.46. The summed E-state index contributed by atoms with van der Waals surface area (Å²) in [6, 6.07) is 0. The topological polar surface area (TPSA) is 36.9 Å². The first-order valence-corrected chi connectivity index (χ1v) is 15.8. The second-order valence-corrected chi connectivity index (χ2v) is 10.4. The Morgan fingerprint density at radius 1 is 0.528 bits per heavy atom. The van der Waals surface area contributed by atoms with Gasteiger partial charge >= 0.3 is 0 Å². The molecule has 0 aromatic carbocycles. The van der Waals surface area contributed by atoms with Crippen LogP contribution in [-0.4, -0.2) is 33.4 Å². The summed E-state index contributed by atoms with van der Waals surface area (Å²) < 4.78 is 22.3. The number of methoxy groups -OCH3 is 1. The summed E-state index contributed by atoms with van der Waals surface area (Å²) in [5.41, 5.74) is 0. The van der Waals surface area contributed by atoms with E-state index in [1.54, 1.807) is 13.4 Å². The molecule has 0 aromatic rings. The van der Waals surface area contributed by atoms with E-state index >= 15 is 0 Å². The number of unbranched alkanes of at least 4 members (excludes halogenated alkanes) is 19. The second-order valence-electron chi connectivity index (χ2n) is 10.4. The Kier molecular flexibility index (Phi) is 31.9. The monoisotopic (exact) mass is 512 g/mol. The highest BCUT2D eigenvalue weighted by atomic mass is 16.7. The SMILES string of the molecule is CCCCCCCOC(CCCCCCCCCCCCCC=COCOC)OCCCCCCC. The summed E-state index contributed by atoms with van der Waals surface area (Å²) in [5, 5.41) is 0. The van der Waals surface area contributed by atoms with Crippen molar-refractivity contribution in [2.45, 2.75) is 168 Å². The molecule has 0 radical (unpaired) electrons. The lowest BCUT2D eigenvalue weighted by molar-refractivity contribution is -0.148. The lowest BCUT2D eigenvalue weighted by atomic mass is 10.0. The Labute approximate surface area is 226 Å². The molecule has 0 spiro atoms. The summed E-state index contributed by atoms with van der Waals surface area (Å²) in [7, 11) is 1.64. The standard InChI is InChI=1S/C32H64O4/c1-4-6-8-20-25-29-35-32(36-30-26-21-9-7-5-2)27-23-19-17-15-13-11-10-12-14-16-18-22-24-28-34-31-33-3/h24,28,32H,4-23,25-27,29-31H2,1-3H3. The fourth-order valence-electron chi connectivity index (χ4n) is 4.46.